The molecule has 1 N–H and O–H groups in total. The average molecular weight is 279 g/mol. The van der Waals surface area contributed by atoms with Crippen LogP contribution < -0.4 is 0 Å². The van der Waals surface area contributed by atoms with Crippen molar-refractivity contribution in [3.63, 3.8) is 0 Å². The van der Waals surface area contributed by atoms with Crippen molar-refractivity contribution in [2.24, 2.45) is 5.92 Å². The van der Waals surface area contributed by atoms with E-state index in [1.54, 1.807) is 12.1 Å². The maximum absolute atomic E-state index is 11.1. The Bertz CT molecular complexity index is 430. The van der Waals surface area contributed by atoms with Crippen LogP contribution in [0.1, 0.15) is 22.3 Å². The normalized spacial score (nSPS) is 18.9. The molecule has 1 heterocycles. The summed E-state index contributed by atoms with van der Waals surface area (Å²) in [6.07, 6.45) is 2.12. The number of thioether (sulfide) groups is 1. The van der Waals surface area contributed by atoms with Crippen LogP contribution in [0.4, 0.5) is 0 Å². The molecule has 19 heavy (non-hydrogen) atoms. The van der Waals surface area contributed by atoms with Crippen LogP contribution >= 0.6 is 11.8 Å². The Morgan fingerprint density at radius 3 is 2.95 bits per heavy atom. The quantitative estimate of drug-likeness (QED) is 0.869. The molecule has 1 fully saturated rings. The fraction of sp³-hybridized carbons (Fsp3) is 0.533. The maximum atomic E-state index is 11.1. The summed E-state index contributed by atoms with van der Waals surface area (Å²) in [5.41, 5.74) is 1.37. The van der Waals surface area contributed by atoms with E-state index in [2.05, 4.69) is 11.9 Å². The van der Waals surface area contributed by atoms with E-state index in [1.807, 2.05) is 23.9 Å². The molecule has 3 nitrogen and oxygen atoms in total. The molecule has 1 aromatic rings. The predicted molar refractivity (Wildman–Crippen MR) is 80.0 cm³/mol. The van der Waals surface area contributed by atoms with Crippen LogP contribution in [0.2, 0.25) is 0 Å². The Morgan fingerprint density at radius 2 is 2.26 bits per heavy atom. The van der Waals surface area contributed by atoms with E-state index in [0.29, 0.717) is 5.56 Å². The lowest BCUT2D eigenvalue weighted by Crippen LogP contribution is -2.28. The second kappa shape index (κ2) is 6.96. The van der Waals surface area contributed by atoms with Crippen molar-refractivity contribution >= 4 is 17.7 Å². The lowest BCUT2D eigenvalue weighted by Gasteiger charge is -2.20. The number of carbonyl (C=O) groups is 1. The highest BCUT2D eigenvalue weighted by atomic mass is 32.2. The first-order chi connectivity index (χ1) is 9.16. The first-order valence-corrected chi connectivity index (χ1v) is 7.90. The van der Waals surface area contributed by atoms with Crippen LogP contribution in [0.15, 0.2) is 24.3 Å². The van der Waals surface area contributed by atoms with E-state index in [4.69, 9.17) is 5.11 Å². The second-order valence-corrected chi connectivity index (χ2v) is 6.35. The van der Waals surface area contributed by atoms with Gasteiger partial charge >= 0.3 is 5.97 Å². The third-order valence-corrected chi connectivity index (χ3v) is 4.84. The molecule has 1 aliphatic heterocycles. The highest BCUT2D eigenvalue weighted by molar-refractivity contribution is 7.99. The standard InChI is InChI=1S/C15H21NO2S/c1-16(10-12-7-9-19-11-12)8-6-13-4-2-3-5-14(13)15(17)18/h2-5,12H,6-11H2,1H3,(H,17,18). The molecule has 1 atom stereocenters. The lowest BCUT2D eigenvalue weighted by molar-refractivity contribution is 0.0695. The van der Waals surface area contributed by atoms with Crippen molar-refractivity contribution in [1.82, 2.24) is 4.90 Å². The zero-order valence-corrected chi connectivity index (χ0v) is 12.2. The van der Waals surface area contributed by atoms with Gasteiger partial charge in [0.15, 0.2) is 0 Å². The van der Waals surface area contributed by atoms with Gasteiger partial charge < -0.3 is 10.0 Å². The molecular weight excluding hydrogens is 258 g/mol. The number of likely N-dealkylation sites (N-methyl/N-ethyl adjacent to an activating group) is 1. The molecule has 0 aliphatic carbocycles. The number of rotatable bonds is 6. The number of hydrogen-bond donors (Lipinski definition) is 1. The first kappa shape index (κ1) is 14.4. The minimum atomic E-state index is -0.828. The minimum Gasteiger partial charge on any atom is -0.478 e. The largest absolute Gasteiger partial charge is 0.478 e. The monoisotopic (exact) mass is 279 g/mol. The van der Waals surface area contributed by atoms with Gasteiger partial charge in [0.2, 0.25) is 0 Å². The Balaban J connectivity index is 1.85. The molecule has 4 heteroatoms. The molecule has 1 saturated heterocycles. The molecular formula is C15H21NO2S. The molecule has 0 saturated carbocycles. The van der Waals surface area contributed by atoms with Crippen molar-refractivity contribution in [3.05, 3.63) is 35.4 Å². The van der Waals surface area contributed by atoms with Gasteiger partial charge in [-0.25, -0.2) is 4.79 Å². The van der Waals surface area contributed by atoms with Crippen molar-refractivity contribution in [1.29, 1.82) is 0 Å². The first-order valence-electron chi connectivity index (χ1n) is 6.74. The molecule has 0 aromatic heterocycles. The van der Waals surface area contributed by atoms with Crippen molar-refractivity contribution in [2.45, 2.75) is 12.8 Å². The van der Waals surface area contributed by atoms with Gasteiger partial charge in [0.25, 0.3) is 0 Å². The minimum absolute atomic E-state index is 0.437. The maximum Gasteiger partial charge on any atom is 0.335 e. The Hall–Kier alpha value is -1.00. The van der Waals surface area contributed by atoms with Crippen molar-refractivity contribution in [3.8, 4) is 0 Å². The van der Waals surface area contributed by atoms with E-state index in [1.165, 1.54) is 17.9 Å². The number of nitrogens with zero attached hydrogens (tertiary/aromatic N) is 1. The summed E-state index contributed by atoms with van der Waals surface area (Å²) in [7, 11) is 2.13. The summed E-state index contributed by atoms with van der Waals surface area (Å²) < 4.78 is 0. The van der Waals surface area contributed by atoms with E-state index < -0.39 is 5.97 Å². The van der Waals surface area contributed by atoms with Crippen LogP contribution in [-0.4, -0.2) is 47.6 Å². The van der Waals surface area contributed by atoms with Crippen LogP contribution in [0, 0.1) is 5.92 Å². The molecule has 1 aromatic carbocycles. The number of hydrogen-bond acceptors (Lipinski definition) is 3. The van der Waals surface area contributed by atoms with E-state index in [-0.39, 0.29) is 0 Å². The summed E-state index contributed by atoms with van der Waals surface area (Å²) >= 11 is 2.04. The van der Waals surface area contributed by atoms with Gasteiger partial charge in [0, 0.05) is 13.1 Å². The molecule has 104 valence electrons. The molecule has 0 bridgehead atoms. The molecule has 0 amide bonds. The van der Waals surface area contributed by atoms with Gasteiger partial charge in [-0.3, -0.25) is 0 Å². The molecule has 0 radical (unpaired) electrons. The second-order valence-electron chi connectivity index (χ2n) is 5.20. The van der Waals surface area contributed by atoms with E-state index >= 15 is 0 Å². The summed E-state index contributed by atoms with van der Waals surface area (Å²) in [6.45, 7) is 2.05. The number of carboxylic acids is 1. The summed E-state index contributed by atoms with van der Waals surface area (Å²) in [5, 5.41) is 9.14. The van der Waals surface area contributed by atoms with Crippen molar-refractivity contribution < 1.29 is 9.90 Å². The fourth-order valence-corrected chi connectivity index (χ4v) is 3.79. The lowest BCUT2D eigenvalue weighted by atomic mass is 10.0. The molecule has 0 spiro atoms. The summed E-state index contributed by atoms with van der Waals surface area (Å²) in [5.74, 6) is 2.55. The number of aromatic carboxylic acids is 1. The highest BCUT2D eigenvalue weighted by Gasteiger charge is 2.17. The van der Waals surface area contributed by atoms with Gasteiger partial charge in [0.1, 0.15) is 0 Å². The smallest absolute Gasteiger partial charge is 0.335 e. The zero-order valence-electron chi connectivity index (χ0n) is 11.3. The third kappa shape index (κ3) is 4.25. The SMILES string of the molecule is CN(CCc1ccccc1C(=O)O)CC1CCSC1. The number of benzene rings is 1. The average Bonchev–Trinajstić information content (AvgIpc) is 2.89. The van der Waals surface area contributed by atoms with Crippen LogP contribution in [0.25, 0.3) is 0 Å². The van der Waals surface area contributed by atoms with Gasteiger partial charge in [-0.15, -0.1) is 0 Å². The number of carboxylic acid groups (broad SMARTS) is 1. The van der Waals surface area contributed by atoms with Crippen LogP contribution in [0.5, 0.6) is 0 Å². The molecule has 2 rings (SSSR count). The highest BCUT2D eigenvalue weighted by Crippen LogP contribution is 2.23. The fourth-order valence-electron chi connectivity index (χ4n) is 2.52. The van der Waals surface area contributed by atoms with Gasteiger partial charge in [0.05, 0.1) is 5.56 Å². The van der Waals surface area contributed by atoms with Crippen LogP contribution in [0.3, 0.4) is 0 Å². The Labute approximate surface area is 119 Å². The van der Waals surface area contributed by atoms with Gasteiger partial charge in [-0.1, -0.05) is 18.2 Å². The zero-order chi connectivity index (χ0) is 13.7. The summed E-state index contributed by atoms with van der Waals surface area (Å²) in [4.78, 5) is 13.5. The van der Waals surface area contributed by atoms with Gasteiger partial charge in [-0.05, 0) is 48.9 Å². The van der Waals surface area contributed by atoms with Crippen LogP contribution in [-0.2, 0) is 6.42 Å². The molecule has 1 aliphatic rings. The van der Waals surface area contributed by atoms with E-state index in [9.17, 15) is 4.79 Å². The molecule has 1 unspecified atom stereocenters. The topological polar surface area (TPSA) is 40.5 Å². The third-order valence-electron chi connectivity index (χ3n) is 3.60. The van der Waals surface area contributed by atoms with Gasteiger partial charge in [-0.2, -0.15) is 11.8 Å². The van der Waals surface area contributed by atoms with Crippen molar-refractivity contribution in [2.75, 3.05) is 31.6 Å². The summed E-state index contributed by atoms with van der Waals surface area (Å²) in [6, 6.07) is 7.30. The Morgan fingerprint density at radius 1 is 1.47 bits per heavy atom. The Kier molecular flexibility index (Phi) is 5.28. The van der Waals surface area contributed by atoms with E-state index in [0.717, 1.165) is 31.0 Å². The predicted octanol–water partition coefficient (Wildman–Crippen LogP) is 2.61.